The number of hydrogen-bond donors (Lipinski definition) is 0. The van der Waals surface area contributed by atoms with Crippen molar-refractivity contribution in [2.24, 2.45) is 0 Å². The van der Waals surface area contributed by atoms with Crippen molar-refractivity contribution >= 4 is 27.6 Å². The number of nitrogens with zero attached hydrogens (tertiary/aromatic N) is 1. The highest BCUT2D eigenvalue weighted by Crippen LogP contribution is 2.31. The third kappa shape index (κ3) is 2.91. The van der Waals surface area contributed by atoms with Crippen LogP contribution in [0.3, 0.4) is 0 Å². The summed E-state index contributed by atoms with van der Waals surface area (Å²) in [5, 5.41) is 3.14. The first-order valence-electron chi connectivity index (χ1n) is 9.11. The Bertz CT molecular complexity index is 1190. The number of para-hydroxylation sites is 3. The summed E-state index contributed by atoms with van der Waals surface area (Å²) in [6.45, 7) is 0.202. The summed E-state index contributed by atoms with van der Waals surface area (Å²) >= 11 is 0. The number of ether oxygens (including phenoxy) is 3. The van der Waals surface area contributed by atoms with Crippen LogP contribution >= 0.6 is 0 Å². The molecule has 0 N–H and O–H groups in total. The molecule has 28 heavy (non-hydrogen) atoms. The van der Waals surface area contributed by atoms with Gasteiger partial charge in [0.1, 0.15) is 13.2 Å². The number of carbonyl (C=O) groups excluding carboxylic acids is 1. The summed E-state index contributed by atoms with van der Waals surface area (Å²) < 4.78 is 16.8. The standard InChI is InChI=1S/C23H17NO4/c25-23(22-14-26-20-11-5-6-12-21(20)28-22)27-13-19-17-9-2-1-7-15(17)16-8-3-4-10-18(16)24-19/h1-12,22H,13-14H2. The largest absolute Gasteiger partial charge is 0.485 e. The molecule has 0 spiro atoms. The fourth-order valence-electron chi connectivity index (χ4n) is 3.45. The summed E-state index contributed by atoms with van der Waals surface area (Å²) in [5.74, 6) is 0.715. The van der Waals surface area contributed by atoms with E-state index in [9.17, 15) is 4.79 Å². The molecule has 0 saturated carbocycles. The van der Waals surface area contributed by atoms with Crippen LogP contribution in [-0.2, 0) is 16.1 Å². The first-order chi connectivity index (χ1) is 13.8. The minimum absolute atomic E-state index is 0.0751. The fraction of sp³-hybridized carbons (Fsp3) is 0.130. The normalized spacial score (nSPS) is 15.5. The van der Waals surface area contributed by atoms with Crippen LogP contribution in [0.2, 0.25) is 0 Å². The van der Waals surface area contributed by atoms with Gasteiger partial charge in [0, 0.05) is 10.8 Å². The maximum absolute atomic E-state index is 12.5. The molecular formula is C23H17NO4. The lowest BCUT2D eigenvalue weighted by Gasteiger charge is -2.25. The average molecular weight is 371 g/mol. The van der Waals surface area contributed by atoms with Crippen LogP contribution in [-0.4, -0.2) is 23.7 Å². The van der Waals surface area contributed by atoms with Crippen molar-refractivity contribution in [3.63, 3.8) is 0 Å². The van der Waals surface area contributed by atoms with Crippen LogP contribution in [0.1, 0.15) is 5.69 Å². The number of esters is 1. The maximum Gasteiger partial charge on any atom is 0.351 e. The molecule has 0 saturated heterocycles. The van der Waals surface area contributed by atoms with Gasteiger partial charge in [0.05, 0.1) is 11.2 Å². The van der Waals surface area contributed by atoms with Crippen molar-refractivity contribution in [1.82, 2.24) is 4.98 Å². The lowest BCUT2D eigenvalue weighted by molar-refractivity contribution is -0.155. The molecule has 0 bridgehead atoms. The third-order valence-corrected chi connectivity index (χ3v) is 4.81. The van der Waals surface area contributed by atoms with Crippen molar-refractivity contribution in [3.05, 3.63) is 78.5 Å². The molecule has 3 aromatic carbocycles. The summed E-state index contributed by atoms with van der Waals surface area (Å²) in [6, 6.07) is 23.2. The van der Waals surface area contributed by atoms with Gasteiger partial charge in [-0.2, -0.15) is 0 Å². The van der Waals surface area contributed by atoms with E-state index < -0.39 is 12.1 Å². The van der Waals surface area contributed by atoms with Crippen LogP contribution in [0.5, 0.6) is 11.5 Å². The Morgan fingerprint density at radius 1 is 0.893 bits per heavy atom. The van der Waals surface area contributed by atoms with E-state index in [0.717, 1.165) is 27.4 Å². The Morgan fingerprint density at radius 3 is 2.43 bits per heavy atom. The molecule has 1 aromatic heterocycles. The highest BCUT2D eigenvalue weighted by molar-refractivity contribution is 6.06. The number of benzene rings is 3. The quantitative estimate of drug-likeness (QED) is 0.398. The molecule has 2 heterocycles. The van der Waals surface area contributed by atoms with E-state index in [2.05, 4.69) is 6.07 Å². The molecule has 5 heteroatoms. The monoisotopic (exact) mass is 371 g/mol. The van der Waals surface area contributed by atoms with E-state index >= 15 is 0 Å². The van der Waals surface area contributed by atoms with Crippen LogP contribution < -0.4 is 9.47 Å². The first-order valence-corrected chi connectivity index (χ1v) is 9.11. The Morgan fingerprint density at radius 2 is 1.57 bits per heavy atom. The van der Waals surface area contributed by atoms with E-state index in [1.165, 1.54) is 0 Å². The average Bonchev–Trinajstić information content (AvgIpc) is 2.77. The van der Waals surface area contributed by atoms with E-state index in [1.54, 1.807) is 6.07 Å². The van der Waals surface area contributed by atoms with Gasteiger partial charge in [-0.25, -0.2) is 9.78 Å². The number of carbonyl (C=O) groups is 1. The Labute approximate surface area is 161 Å². The van der Waals surface area contributed by atoms with Gasteiger partial charge in [-0.05, 0) is 23.6 Å². The van der Waals surface area contributed by atoms with Gasteiger partial charge in [0.15, 0.2) is 11.5 Å². The minimum atomic E-state index is -0.790. The molecular weight excluding hydrogens is 354 g/mol. The summed E-state index contributed by atoms with van der Waals surface area (Å²) in [4.78, 5) is 17.2. The van der Waals surface area contributed by atoms with E-state index in [-0.39, 0.29) is 13.2 Å². The smallest absolute Gasteiger partial charge is 0.351 e. The Kier molecular flexibility index (Phi) is 4.05. The third-order valence-electron chi connectivity index (χ3n) is 4.81. The van der Waals surface area contributed by atoms with Gasteiger partial charge >= 0.3 is 5.97 Å². The van der Waals surface area contributed by atoms with Crippen molar-refractivity contribution in [3.8, 4) is 11.5 Å². The molecule has 1 unspecified atom stereocenters. The van der Waals surface area contributed by atoms with Gasteiger partial charge in [0.2, 0.25) is 6.10 Å². The zero-order valence-electron chi connectivity index (χ0n) is 15.0. The predicted octanol–water partition coefficient (Wildman–Crippen LogP) is 4.27. The lowest BCUT2D eigenvalue weighted by atomic mass is 10.0. The summed E-state index contributed by atoms with van der Waals surface area (Å²) in [6.07, 6.45) is -0.790. The van der Waals surface area contributed by atoms with Crippen molar-refractivity contribution in [2.45, 2.75) is 12.7 Å². The Balaban J connectivity index is 1.39. The molecule has 0 amide bonds. The van der Waals surface area contributed by atoms with Crippen molar-refractivity contribution < 1.29 is 19.0 Å². The van der Waals surface area contributed by atoms with Crippen molar-refractivity contribution in [1.29, 1.82) is 0 Å². The molecule has 1 aliphatic rings. The second-order valence-electron chi connectivity index (χ2n) is 6.59. The molecule has 138 valence electrons. The highest BCUT2D eigenvalue weighted by Gasteiger charge is 2.28. The second kappa shape index (κ2) is 6.85. The fourth-order valence-corrected chi connectivity index (χ4v) is 3.45. The van der Waals surface area contributed by atoms with Gasteiger partial charge in [-0.1, -0.05) is 54.6 Å². The zero-order valence-corrected chi connectivity index (χ0v) is 15.0. The van der Waals surface area contributed by atoms with Crippen LogP contribution in [0.4, 0.5) is 0 Å². The van der Waals surface area contributed by atoms with Crippen LogP contribution in [0, 0.1) is 0 Å². The lowest BCUT2D eigenvalue weighted by Crippen LogP contribution is -2.37. The minimum Gasteiger partial charge on any atom is -0.485 e. The first kappa shape index (κ1) is 16.6. The predicted molar refractivity (Wildman–Crippen MR) is 105 cm³/mol. The van der Waals surface area contributed by atoms with Gasteiger partial charge in [-0.15, -0.1) is 0 Å². The SMILES string of the molecule is O=C(OCc1nc2ccccc2c2ccccc12)C1COc2ccccc2O1. The second-order valence-corrected chi connectivity index (χ2v) is 6.59. The Hall–Kier alpha value is -3.60. The molecule has 0 fully saturated rings. The molecule has 1 aliphatic heterocycles. The number of pyridine rings is 1. The number of fused-ring (bicyclic) bond motifs is 4. The van der Waals surface area contributed by atoms with Gasteiger partial charge in [-0.3, -0.25) is 0 Å². The van der Waals surface area contributed by atoms with Gasteiger partial charge < -0.3 is 14.2 Å². The molecule has 1 atom stereocenters. The summed E-state index contributed by atoms with van der Waals surface area (Å²) in [5.41, 5.74) is 1.60. The molecule has 5 nitrogen and oxygen atoms in total. The van der Waals surface area contributed by atoms with Gasteiger partial charge in [0.25, 0.3) is 0 Å². The van der Waals surface area contributed by atoms with Crippen molar-refractivity contribution in [2.75, 3.05) is 6.61 Å². The molecule has 0 radical (unpaired) electrons. The highest BCUT2D eigenvalue weighted by atomic mass is 16.6. The zero-order chi connectivity index (χ0) is 18.9. The van der Waals surface area contributed by atoms with E-state index in [0.29, 0.717) is 11.5 Å². The van der Waals surface area contributed by atoms with E-state index in [4.69, 9.17) is 19.2 Å². The number of aromatic nitrogens is 1. The number of rotatable bonds is 3. The topological polar surface area (TPSA) is 57.7 Å². The summed E-state index contributed by atoms with van der Waals surface area (Å²) in [7, 11) is 0. The maximum atomic E-state index is 12.5. The van der Waals surface area contributed by atoms with Crippen LogP contribution in [0.15, 0.2) is 72.8 Å². The molecule has 5 rings (SSSR count). The molecule has 4 aromatic rings. The van der Waals surface area contributed by atoms with E-state index in [1.807, 2.05) is 60.7 Å². The molecule has 0 aliphatic carbocycles. The number of hydrogen-bond acceptors (Lipinski definition) is 5. The van der Waals surface area contributed by atoms with Crippen LogP contribution in [0.25, 0.3) is 21.7 Å².